The number of hydrogen-bond acceptors (Lipinski definition) is 2. The number of hydrogen-bond donors (Lipinski definition) is 0. The van der Waals surface area contributed by atoms with Gasteiger partial charge in [0.2, 0.25) is 11.5 Å². The standard InChI is InChI=1S/C8H5F3O2/c1-2-5(12)6-3-4-7(13-6)8(9,10)11/h2-4H,1H2. The van der Waals surface area contributed by atoms with Crippen LogP contribution in [0.25, 0.3) is 0 Å². The van der Waals surface area contributed by atoms with Gasteiger partial charge in [-0.2, -0.15) is 13.2 Å². The first kappa shape index (κ1) is 9.57. The number of furan rings is 1. The van der Waals surface area contributed by atoms with Crippen LogP contribution in [0.15, 0.2) is 29.2 Å². The fourth-order valence-electron chi connectivity index (χ4n) is 0.723. The summed E-state index contributed by atoms with van der Waals surface area (Å²) in [6.45, 7) is 3.12. The van der Waals surface area contributed by atoms with Gasteiger partial charge in [-0.15, -0.1) is 0 Å². The lowest BCUT2D eigenvalue weighted by atomic mass is 10.3. The van der Waals surface area contributed by atoms with Crippen LogP contribution in [0.4, 0.5) is 13.2 Å². The van der Waals surface area contributed by atoms with Gasteiger partial charge in [0.05, 0.1) is 0 Å². The summed E-state index contributed by atoms with van der Waals surface area (Å²) >= 11 is 0. The second-order valence-corrected chi connectivity index (χ2v) is 2.23. The highest BCUT2D eigenvalue weighted by Crippen LogP contribution is 2.30. The molecule has 0 fully saturated rings. The van der Waals surface area contributed by atoms with Crippen LogP contribution in [0.1, 0.15) is 16.3 Å². The molecule has 0 amide bonds. The first-order valence-electron chi connectivity index (χ1n) is 3.29. The molecule has 0 bridgehead atoms. The van der Waals surface area contributed by atoms with Crippen molar-refractivity contribution < 1.29 is 22.4 Å². The maximum atomic E-state index is 11.9. The molecule has 0 spiro atoms. The van der Waals surface area contributed by atoms with E-state index < -0.39 is 17.7 Å². The van der Waals surface area contributed by atoms with Crippen LogP contribution in [-0.4, -0.2) is 5.78 Å². The zero-order valence-corrected chi connectivity index (χ0v) is 6.39. The fraction of sp³-hybridized carbons (Fsp3) is 0.125. The van der Waals surface area contributed by atoms with Gasteiger partial charge in [-0.05, 0) is 18.2 Å². The largest absolute Gasteiger partial charge is 0.449 e. The summed E-state index contributed by atoms with van der Waals surface area (Å²) < 4.78 is 40.1. The molecule has 0 saturated heterocycles. The Kier molecular flexibility index (Phi) is 2.27. The molecule has 13 heavy (non-hydrogen) atoms. The van der Waals surface area contributed by atoms with E-state index in [1.165, 1.54) is 0 Å². The van der Waals surface area contributed by atoms with Crippen LogP contribution in [0.5, 0.6) is 0 Å². The Hall–Kier alpha value is -1.52. The first-order chi connectivity index (χ1) is 5.95. The third kappa shape index (κ3) is 1.99. The minimum atomic E-state index is -4.56. The molecule has 1 rings (SSSR count). The van der Waals surface area contributed by atoms with Crippen molar-refractivity contribution in [2.75, 3.05) is 0 Å². The maximum absolute atomic E-state index is 11.9. The van der Waals surface area contributed by atoms with Crippen LogP contribution < -0.4 is 0 Å². The molecule has 1 aromatic rings. The average Bonchev–Trinajstić information content (AvgIpc) is 2.50. The normalized spacial score (nSPS) is 11.3. The van der Waals surface area contributed by atoms with E-state index in [2.05, 4.69) is 11.0 Å². The first-order valence-corrected chi connectivity index (χ1v) is 3.29. The average molecular weight is 190 g/mol. The number of carbonyl (C=O) groups excluding carboxylic acids is 1. The number of ketones is 1. The highest BCUT2D eigenvalue weighted by atomic mass is 19.4. The minimum absolute atomic E-state index is 0.359. The quantitative estimate of drug-likeness (QED) is 0.530. The van der Waals surface area contributed by atoms with Gasteiger partial charge in [0.25, 0.3) is 0 Å². The van der Waals surface area contributed by atoms with Gasteiger partial charge >= 0.3 is 6.18 Å². The predicted molar refractivity (Wildman–Crippen MR) is 38.2 cm³/mol. The van der Waals surface area contributed by atoms with Crippen molar-refractivity contribution >= 4 is 5.78 Å². The lowest BCUT2D eigenvalue weighted by molar-refractivity contribution is -0.153. The van der Waals surface area contributed by atoms with Crippen molar-refractivity contribution in [3.8, 4) is 0 Å². The Morgan fingerprint density at radius 2 is 2.08 bits per heavy atom. The summed E-state index contributed by atoms with van der Waals surface area (Å²) in [5, 5.41) is 0. The van der Waals surface area contributed by atoms with E-state index >= 15 is 0 Å². The van der Waals surface area contributed by atoms with Crippen molar-refractivity contribution in [3.63, 3.8) is 0 Å². The SMILES string of the molecule is C=CC(=O)c1ccc(C(F)(F)F)o1. The predicted octanol–water partition coefficient (Wildman–Crippen LogP) is 2.67. The maximum Gasteiger partial charge on any atom is 0.449 e. The van der Waals surface area contributed by atoms with Crippen molar-refractivity contribution in [2.24, 2.45) is 0 Å². The molecule has 0 unspecified atom stereocenters. The number of alkyl halides is 3. The summed E-state index contributed by atoms with van der Waals surface area (Å²) in [5.41, 5.74) is 0. The molecular formula is C8H5F3O2. The van der Waals surface area contributed by atoms with E-state index in [1.807, 2.05) is 0 Å². The molecular weight excluding hydrogens is 185 g/mol. The van der Waals surface area contributed by atoms with Crippen LogP contribution >= 0.6 is 0 Å². The molecule has 0 saturated carbocycles. The molecule has 0 aliphatic carbocycles. The Morgan fingerprint density at radius 1 is 1.46 bits per heavy atom. The van der Waals surface area contributed by atoms with E-state index in [0.29, 0.717) is 6.07 Å². The monoisotopic (exact) mass is 190 g/mol. The van der Waals surface area contributed by atoms with Crippen molar-refractivity contribution in [2.45, 2.75) is 6.18 Å². The van der Waals surface area contributed by atoms with Crippen molar-refractivity contribution in [1.29, 1.82) is 0 Å². The van der Waals surface area contributed by atoms with Crippen molar-refractivity contribution in [1.82, 2.24) is 0 Å². The molecule has 1 heterocycles. The van der Waals surface area contributed by atoms with E-state index in [-0.39, 0.29) is 5.76 Å². The molecule has 0 aliphatic heterocycles. The summed E-state index contributed by atoms with van der Waals surface area (Å²) in [6, 6.07) is 1.67. The van der Waals surface area contributed by atoms with Crippen LogP contribution in [0.2, 0.25) is 0 Å². The molecule has 0 aromatic carbocycles. The van der Waals surface area contributed by atoms with Gasteiger partial charge in [0, 0.05) is 0 Å². The minimum Gasteiger partial charge on any atom is -0.448 e. The van der Waals surface area contributed by atoms with Gasteiger partial charge in [-0.1, -0.05) is 6.58 Å². The topological polar surface area (TPSA) is 30.2 Å². The number of rotatable bonds is 2. The molecule has 0 aliphatic rings. The van der Waals surface area contributed by atoms with Gasteiger partial charge in [-0.3, -0.25) is 4.79 Å². The van der Waals surface area contributed by atoms with E-state index in [9.17, 15) is 18.0 Å². The van der Waals surface area contributed by atoms with Gasteiger partial charge in [0.15, 0.2) is 5.76 Å². The third-order valence-electron chi connectivity index (χ3n) is 1.31. The Labute approximate surface area is 71.7 Å². The summed E-state index contributed by atoms with van der Waals surface area (Å²) in [4.78, 5) is 10.8. The lowest BCUT2D eigenvalue weighted by Gasteiger charge is -1.99. The van der Waals surface area contributed by atoms with E-state index in [1.54, 1.807) is 0 Å². The lowest BCUT2D eigenvalue weighted by Crippen LogP contribution is -2.02. The highest BCUT2D eigenvalue weighted by Gasteiger charge is 2.35. The Bertz CT molecular complexity index is 335. The zero-order valence-electron chi connectivity index (χ0n) is 6.39. The Balaban J connectivity index is 3.00. The second kappa shape index (κ2) is 3.08. The fourth-order valence-corrected chi connectivity index (χ4v) is 0.723. The summed E-state index contributed by atoms with van der Waals surface area (Å²) in [7, 11) is 0. The number of allylic oxidation sites excluding steroid dienone is 1. The van der Waals surface area contributed by atoms with Gasteiger partial charge in [0.1, 0.15) is 0 Å². The molecule has 0 radical (unpaired) electrons. The van der Waals surface area contributed by atoms with Crippen LogP contribution in [0.3, 0.4) is 0 Å². The van der Waals surface area contributed by atoms with Crippen molar-refractivity contribution in [3.05, 3.63) is 36.3 Å². The van der Waals surface area contributed by atoms with Crippen LogP contribution in [0, 0.1) is 0 Å². The second-order valence-electron chi connectivity index (χ2n) is 2.23. The van der Waals surface area contributed by atoms with Gasteiger partial charge in [-0.25, -0.2) is 0 Å². The molecule has 5 heteroatoms. The highest BCUT2D eigenvalue weighted by molar-refractivity contribution is 6.01. The molecule has 2 nitrogen and oxygen atoms in total. The molecule has 0 atom stereocenters. The molecule has 70 valence electrons. The molecule has 0 N–H and O–H groups in total. The summed E-state index contributed by atoms with van der Waals surface area (Å²) in [6.07, 6.45) is -3.67. The number of halogens is 3. The van der Waals surface area contributed by atoms with Gasteiger partial charge < -0.3 is 4.42 Å². The van der Waals surface area contributed by atoms with Crippen LogP contribution in [-0.2, 0) is 6.18 Å². The summed E-state index contributed by atoms with van der Waals surface area (Å²) in [5.74, 6) is -2.21. The molecule has 1 aromatic heterocycles. The zero-order chi connectivity index (χ0) is 10.1. The Morgan fingerprint density at radius 3 is 2.46 bits per heavy atom. The van der Waals surface area contributed by atoms with E-state index in [4.69, 9.17) is 0 Å². The van der Waals surface area contributed by atoms with E-state index in [0.717, 1.165) is 12.1 Å². The third-order valence-corrected chi connectivity index (χ3v) is 1.31. The smallest absolute Gasteiger partial charge is 0.448 e. The number of carbonyl (C=O) groups is 1.